The number of aromatic nitrogens is 2. The summed E-state index contributed by atoms with van der Waals surface area (Å²) in [7, 11) is 0. The maximum Gasteiger partial charge on any atom is 0.264 e. The number of rotatable bonds is 7. The first-order valence-corrected chi connectivity index (χ1v) is 8.46. The summed E-state index contributed by atoms with van der Waals surface area (Å²) in [6.07, 6.45) is 1.79. The molecule has 1 amide bonds. The molecule has 1 heterocycles. The molecule has 0 unspecified atom stereocenters. The van der Waals surface area contributed by atoms with E-state index in [0.717, 1.165) is 27.0 Å². The fourth-order valence-corrected chi connectivity index (χ4v) is 3.14. The summed E-state index contributed by atoms with van der Waals surface area (Å²) in [6.45, 7) is 7.52. The molecule has 5 nitrogen and oxygen atoms in total. The van der Waals surface area contributed by atoms with Gasteiger partial charge in [-0.2, -0.15) is 0 Å². The second-order valence-electron chi connectivity index (χ2n) is 4.58. The van der Waals surface area contributed by atoms with Crippen molar-refractivity contribution in [2.75, 3.05) is 17.7 Å². The molecule has 0 aliphatic heterocycles. The Kier molecular flexibility index (Phi) is 5.97. The third-order valence-corrected chi connectivity index (χ3v) is 4.65. The fraction of sp³-hybridized carbons (Fsp3) is 0.267. The van der Waals surface area contributed by atoms with Gasteiger partial charge in [-0.1, -0.05) is 41.3 Å². The molecule has 0 saturated heterocycles. The van der Waals surface area contributed by atoms with Crippen LogP contribution in [-0.4, -0.2) is 28.5 Å². The summed E-state index contributed by atoms with van der Waals surface area (Å²) >= 11 is 2.86. The van der Waals surface area contributed by atoms with E-state index in [1.165, 1.54) is 23.1 Å². The van der Waals surface area contributed by atoms with Gasteiger partial charge in [-0.3, -0.25) is 10.1 Å². The van der Waals surface area contributed by atoms with Crippen LogP contribution in [0, 0.1) is 13.8 Å². The van der Waals surface area contributed by atoms with Crippen molar-refractivity contribution in [3.63, 3.8) is 0 Å². The van der Waals surface area contributed by atoms with E-state index in [9.17, 15) is 4.79 Å². The lowest BCUT2D eigenvalue weighted by Gasteiger charge is -2.09. The van der Waals surface area contributed by atoms with E-state index in [1.807, 2.05) is 32.0 Å². The molecule has 0 bridgehead atoms. The maximum atomic E-state index is 11.9. The molecule has 0 aliphatic rings. The lowest BCUT2D eigenvalue weighted by Crippen LogP contribution is -2.20. The summed E-state index contributed by atoms with van der Waals surface area (Å²) in [6, 6.07) is 5.89. The summed E-state index contributed by atoms with van der Waals surface area (Å²) in [4.78, 5) is 11.9. The predicted molar refractivity (Wildman–Crippen MR) is 90.9 cm³/mol. The van der Waals surface area contributed by atoms with Gasteiger partial charge in [0.1, 0.15) is 5.75 Å². The number of aryl methyl sites for hydroxylation is 2. The quantitative estimate of drug-likeness (QED) is 0.477. The van der Waals surface area contributed by atoms with Crippen molar-refractivity contribution in [3.05, 3.63) is 42.0 Å². The highest BCUT2D eigenvalue weighted by atomic mass is 32.2. The molecule has 0 radical (unpaired) electrons. The van der Waals surface area contributed by atoms with Gasteiger partial charge in [0.2, 0.25) is 5.13 Å². The van der Waals surface area contributed by atoms with Crippen molar-refractivity contribution in [3.8, 4) is 5.75 Å². The minimum Gasteiger partial charge on any atom is -0.483 e. The number of nitrogens with zero attached hydrogens (tertiary/aromatic N) is 2. The van der Waals surface area contributed by atoms with Gasteiger partial charge in [0.15, 0.2) is 10.9 Å². The van der Waals surface area contributed by atoms with Crippen LogP contribution in [0.4, 0.5) is 5.13 Å². The topological polar surface area (TPSA) is 64.1 Å². The first-order chi connectivity index (χ1) is 10.6. The molecule has 1 aromatic carbocycles. The van der Waals surface area contributed by atoms with Gasteiger partial charge in [-0.05, 0) is 31.0 Å². The third-order valence-electron chi connectivity index (χ3n) is 2.68. The average molecular weight is 335 g/mol. The number of anilines is 1. The first kappa shape index (κ1) is 16.5. The number of benzene rings is 1. The second kappa shape index (κ2) is 7.95. The highest BCUT2D eigenvalue weighted by Gasteiger charge is 2.10. The van der Waals surface area contributed by atoms with Crippen molar-refractivity contribution >= 4 is 34.1 Å². The smallest absolute Gasteiger partial charge is 0.264 e. The summed E-state index contributed by atoms with van der Waals surface area (Å²) in [5, 5.41) is 11.1. The van der Waals surface area contributed by atoms with Crippen molar-refractivity contribution in [2.24, 2.45) is 0 Å². The van der Waals surface area contributed by atoms with E-state index in [-0.39, 0.29) is 12.5 Å². The normalized spacial score (nSPS) is 10.3. The van der Waals surface area contributed by atoms with Crippen LogP contribution in [0.25, 0.3) is 0 Å². The molecule has 116 valence electrons. The predicted octanol–water partition coefficient (Wildman–Crippen LogP) is 3.45. The van der Waals surface area contributed by atoms with Gasteiger partial charge in [0, 0.05) is 5.75 Å². The van der Waals surface area contributed by atoms with Crippen LogP contribution in [0.15, 0.2) is 35.2 Å². The largest absolute Gasteiger partial charge is 0.483 e. The van der Waals surface area contributed by atoms with E-state index < -0.39 is 0 Å². The summed E-state index contributed by atoms with van der Waals surface area (Å²) in [5.74, 6) is 1.23. The third kappa shape index (κ3) is 4.85. The van der Waals surface area contributed by atoms with Gasteiger partial charge >= 0.3 is 0 Å². The van der Waals surface area contributed by atoms with Gasteiger partial charge in [-0.25, -0.2) is 0 Å². The molecule has 22 heavy (non-hydrogen) atoms. The first-order valence-electron chi connectivity index (χ1n) is 6.65. The molecule has 0 aliphatic carbocycles. The van der Waals surface area contributed by atoms with Crippen LogP contribution >= 0.6 is 23.1 Å². The number of ether oxygens (including phenoxy) is 1. The number of nitrogens with one attached hydrogen (secondary N) is 1. The number of carbonyl (C=O) groups is 1. The molecule has 1 aromatic heterocycles. The lowest BCUT2D eigenvalue weighted by molar-refractivity contribution is -0.118. The Bertz CT molecular complexity index is 671. The van der Waals surface area contributed by atoms with Gasteiger partial charge in [0.25, 0.3) is 5.91 Å². The SMILES string of the molecule is C=CCSc1nnc(NC(=O)COc2cc(C)ccc2C)s1. The molecule has 0 fully saturated rings. The van der Waals surface area contributed by atoms with Crippen LogP contribution in [0.1, 0.15) is 11.1 Å². The van der Waals surface area contributed by atoms with Crippen molar-refractivity contribution < 1.29 is 9.53 Å². The second-order valence-corrected chi connectivity index (χ2v) is 6.82. The number of hydrogen-bond donors (Lipinski definition) is 1. The molecule has 0 spiro atoms. The molecule has 2 aromatic rings. The molecule has 0 saturated carbocycles. The van der Waals surface area contributed by atoms with Crippen LogP contribution in [0.2, 0.25) is 0 Å². The average Bonchev–Trinajstić information content (AvgIpc) is 2.93. The van der Waals surface area contributed by atoms with E-state index >= 15 is 0 Å². The van der Waals surface area contributed by atoms with Crippen LogP contribution in [0.3, 0.4) is 0 Å². The maximum absolute atomic E-state index is 11.9. The van der Waals surface area contributed by atoms with E-state index in [1.54, 1.807) is 6.08 Å². The van der Waals surface area contributed by atoms with Gasteiger partial charge in [-0.15, -0.1) is 16.8 Å². The number of hydrogen-bond acceptors (Lipinski definition) is 6. The zero-order valence-electron chi connectivity index (χ0n) is 12.5. The molecular weight excluding hydrogens is 318 g/mol. The van der Waals surface area contributed by atoms with E-state index in [4.69, 9.17) is 4.74 Å². The van der Waals surface area contributed by atoms with Crippen molar-refractivity contribution in [1.29, 1.82) is 0 Å². The Hall–Kier alpha value is -1.86. The Morgan fingerprint density at radius 1 is 1.45 bits per heavy atom. The summed E-state index contributed by atoms with van der Waals surface area (Å²) in [5.41, 5.74) is 2.09. The standard InChI is InChI=1S/C15H17N3O2S2/c1-4-7-21-15-18-17-14(22-15)16-13(19)9-20-12-8-10(2)5-6-11(12)3/h4-6,8H,1,7,9H2,2-3H3,(H,16,17,19). The van der Waals surface area contributed by atoms with Crippen LogP contribution in [-0.2, 0) is 4.79 Å². The molecule has 0 atom stereocenters. The van der Waals surface area contributed by atoms with Crippen LogP contribution in [0.5, 0.6) is 5.75 Å². The minimum absolute atomic E-state index is 0.0565. The Balaban J connectivity index is 1.86. The van der Waals surface area contributed by atoms with E-state index in [0.29, 0.717) is 5.13 Å². The van der Waals surface area contributed by atoms with Gasteiger partial charge < -0.3 is 4.74 Å². The minimum atomic E-state index is -0.252. The molecule has 1 N–H and O–H groups in total. The van der Waals surface area contributed by atoms with Crippen molar-refractivity contribution in [1.82, 2.24) is 10.2 Å². The molecular formula is C15H17N3O2S2. The molecule has 7 heteroatoms. The van der Waals surface area contributed by atoms with Crippen LogP contribution < -0.4 is 10.1 Å². The lowest BCUT2D eigenvalue weighted by atomic mass is 10.1. The summed E-state index contributed by atoms with van der Waals surface area (Å²) < 4.78 is 6.35. The highest BCUT2D eigenvalue weighted by molar-refractivity contribution is 8.01. The Morgan fingerprint density at radius 3 is 3.05 bits per heavy atom. The van der Waals surface area contributed by atoms with Crippen molar-refractivity contribution in [2.45, 2.75) is 18.2 Å². The monoisotopic (exact) mass is 335 g/mol. The highest BCUT2D eigenvalue weighted by Crippen LogP contribution is 2.25. The Morgan fingerprint density at radius 2 is 2.27 bits per heavy atom. The number of amides is 1. The van der Waals surface area contributed by atoms with Gasteiger partial charge in [0.05, 0.1) is 0 Å². The van der Waals surface area contributed by atoms with E-state index in [2.05, 4.69) is 22.1 Å². The zero-order valence-corrected chi connectivity index (χ0v) is 14.1. The number of carbonyl (C=O) groups excluding carboxylic acids is 1. The Labute approximate surface area is 137 Å². The molecule has 2 rings (SSSR count). The zero-order chi connectivity index (χ0) is 15.9. The fourth-order valence-electron chi connectivity index (χ4n) is 1.61. The number of thioether (sulfide) groups is 1.